The number of hydrogen-bond donors (Lipinski definition) is 2. The number of ether oxygens (including phenoxy) is 2. The van der Waals surface area contributed by atoms with Crippen LogP contribution >= 0.6 is 0 Å². The SMILES string of the molecule is COc1ccc(CCNC(=O)C(=O)N/N=C/c2ccc(C)o2)cc1OC. The van der Waals surface area contributed by atoms with Crippen molar-refractivity contribution in [3.8, 4) is 11.5 Å². The number of aryl methyl sites for hydroxylation is 1. The molecule has 0 fully saturated rings. The largest absolute Gasteiger partial charge is 0.493 e. The number of nitrogens with one attached hydrogen (secondary N) is 2. The summed E-state index contributed by atoms with van der Waals surface area (Å²) in [4.78, 5) is 23.4. The summed E-state index contributed by atoms with van der Waals surface area (Å²) in [5, 5.41) is 6.20. The van der Waals surface area contributed by atoms with Crippen molar-refractivity contribution in [3.05, 3.63) is 47.4 Å². The molecule has 8 heteroatoms. The van der Waals surface area contributed by atoms with E-state index in [1.807, 2.05) is 12.1 Å². The average Bonchev–Trinajstić information content (AvgIpc) is 3.06. The fourth-order valence-electron chi connectivity index (χ4n) is 2.16. The predicted molar refractivity (Wildman–Crippen MR) is 95.4 cm³/mol. The molecule has 2 rings (SSSR count). The molecule has 0 radical (unpaired) electrons. The first kappa shape index (κ1) is 19.0. The van der Waals surface area contributed by atoms with Crippen molar-refractivity contribution >= 4 is 18.0 Å². The van der Waals surface area contributed by atoms with Gasteiger partial charge >= 0.3 is 11.8 Å². The van der Waals surface area contributed by atoms with Crippen LogP contribution in [-0.4, -0.2) is 38.8 Å². The molecule has 138 valence electrons. The van der Waals surface area contributed by atoms with Crippen molar-refractivity contribution in [1.82, 2.24) is 10.7 Å². The Bertz CT molecular complexity index is 798. The maximum atomic E-state index is 11.7. The Kier molecular flexibility index (Phi) is 6.78. The molecule has 0 aliphatic carbocycles. The van der Waals surface area contributed by atoms with Crippen LogP contribution in [0, 0.1) is 6.92 Å². The molecule has 0 bridgehead atoms. The van der Waals surface area contributed by atoms with Crippen LogP contribution in [0.2, 0.25) is 0 Å². The highest BCUT2D eigenvalue weighted by molar-refractivity contribution is 6.35. The lowest BCUT2D eigenvalue weighted by atomic mass is 10.1. The second-order valence-electron chi connectivity index (χ2n) is 5.34. The Balaban J connectivity index is 1.77. The van der Waals surface area contributed by atoms with E-state index >= 15 is 0 Å². The van der Waals surface area contributed by atoms with Gasteiger partial charge in [-0.1, -0.05) is 6.07 Å². The molecule has 8 nitrogen and oxygen atoms in total. The van der Waals surface area contributed by atoms with E-state index in [1.54, 1.807) is 39.3 Å². The summed E-state index contributed by atoms with van der Waals surface area (Å²) >= 11 is 0. The summed E-state index contributed by atoms with van der Waals surface area (Å²) in [6, 6.07) is 8.94. The molecule has 2 aromatic rings. The summed E-state index contributed by atoms with van der Waals surface area (Å²) in [7, 11) is 3.12. The molecular formula is C18H21N3O5. The first-order valence-corrected chi connectivity index (χ1v) is 7.92. The summed E-state index contributed by atoms with van der Waals surface area (Å²) in [5.41, 5.74) is 3.08. The normalized spacial score (nSPS) is 10.6. The number of methoxy groups -OCH3 is 2. The summed E-state index contributed by atoms with van der Waals surface area (Å²) in [6.45, 7) is 2.09. The van der Waals surface area contributed by atoms with Crippen LogP contribution in [-0.2, 0) is 16.0 Å². The van der Waals surface area contributed by atoms with E-state index in [0.29, 0.717) is 30.2 Å². The van der Waals surface area contributed by atoms with Gasteiger partial charge in [-0.05, 0) is 43.2 Å². The first-order valence-electron chi connectivity index (χ1n) is 7.92. The number of rotatable bonds is 7. The van der Waals surface area contributed by atoms with Crippen molar-refractivity contribution in [1.29, 1.82) is 0 Å². The van der Waals surface area contributed by atoms with Gasteiger partial charge in [0.05, 0.1) is 20.4 Å². The van der Waals surface area contributed by atoms with Crippen LogP contribution < -0.4 is 20.2 Å². The Hall–Kier alpha value is -3.29. The zero-order valence-corrected chi connectivity index (χ0v) is 14.9. The number of hydrazone groups is 1. The summed E-state index contributed by atoms with van der Waals surface area (Å²) in [6.07, 6.45) is 1.86. The molecule has 2 N–H and O–H groups in total. The average molecular weight is 359 g/mol. The van der Waals surface area contributed by atoms with Crippen LogP contribution in [0.4, 0.5) is 0 Å². The number of carbonyl (C=O) groups is 2. The number of benzene rings is 1. The van der Waals surface area contributed by atoms with Crippen LogP contribution in [0.1, 0.15) is 17.1 Å². The lowest BCUT2D eigenvalue weighted by Gasteiger charge is -2.09. The number of hydrogen-bond acceptors (Lipinski definition) is 6. The van der Waals surface area contributed by atoms with Gasteiger partial charge in [0.1, 0.15) is 11.5 Å². The highest BCUT2D eigenvalue weighted by Gasteiger charge is 2.12. The Labute approximate surface area is 151 Å². The van der Waals surface area contributed by atoms with E-state index in [0.717, 1.165) is 11.3 Å². The van der Waals surface area contributed by atoms with Crippen molar-refractivity contribution in [2.45, 2.75) is 13.3 Å². The second kappa shape index (κ2) is 9.26. The van der Waals surface area contributed by atoms with Gasteiger partial charge in [-0.2, -0.15) is 5.10 Å². The zero-order valence-electron chi connectivity index (χ0n) is 14.9. The van der Waals surface area contributed by atoms with Gasteiger partial charge in [-0.15, -0.1) is 0 Å². The van der Waals surface area contributed by atoms with Gasteiger partial charge in [0, 0.05) is 6.54 Å². The minimum atomic E-state index is -0.850. The lowest BCUT2D eigenvalue weighted by molar-refractivity contribution is -0.139. The van der Waals surface area contributed by atoms with E-state index < -0.39 is 11.8 Å². The van der Waals surface area contributed by atoms with Crippen LogP contribution in [0.3, 0.4) is 0 Å². The number of furan rings is 1. The highest BCUT2D eigenvalue weighted by atomic mass is 16.5. The molecular weight excluding hydrogens is 338 g/mol. The van der Waals surface area contributed by atoms with Gasteiger partial charge in [0.2, 0.25) is 0 Å². The minimum absolute atomic E-state index is 0.294. The standard InChI is InChI=1S/C18H21N3O5/c1-12-4-6-14(26-12)11-20-21-18(23)17(22)19-9-8-13-5-7-15(24-2)16(10-13)25-3/h4-7,10-11H,8-9H2,1-3H3,(H,19,22)(H,21,23)/b20-11+. The Morgan fingerprint density at radius 1 is 1.12 bits per heavy atom. The third kappa shape index (κ3) is 5.37. The minimum Gasteiger partial charge on any atom is -0.493 e. The van der Waals surface area contributed by atoms with Crippen molar-refractivity contribution in [3.63, 3.8) is 0 Å². The molecule has 0 unspecified atom stereocenters. The first-order chi connectivity index (χ1) is 12.5. The molecule has 0 atom stereocenters. The van der Waals surface area contributed by atoms with Gasteiger partial charge < -0.3 is 19.2 Å². The molecule has 0 saturated heterocycles. The van der Waals surface area contributed by atoms with E-state index in [2.05, 4.69) is 15.8 Å². The monoisotopic (exact) mass is 359 g/mol. The molecule has 1 aromatic heterocycles. The smallest absolute Gasteiger partial charge is 0.329 e. The summed E-state index contributed by atoms with van der Waals surface area (Å²) in [5.74, 6) is 0.832. The van der Waals surface area contributed by atoms with Crippen LogP contribution in [0.5, 0.6) is 11.5 Å². The second-order valence-corrected chi connectivity index (χ2v) is 5.34. The van der Waals surface area contributed by atoms with E-state index in [9.17, 15) is 9.59 Å². The quantitative estimate of drug-likeness (QED) is 0.442. The van der Waals surface area contributed by atoms with Gasteiger partial charge in [0.25, 0.3) is 0 Å². The van der Waals surface area contributed by atoms with Gasteiger partial charge in [0.15, 0.2) is 11.5 Å². The third-order valence-corrected chi connectivity index (χ3v) is 3.47. The highest BCUT2D eigenvalue weighted by Crippen LogP contribution is 2.27. The number of nitrogens with zero attached hydrogens (tertiary/aromatic N) is 1. The Morgan fingerprint density at radius 3 is 2.54 bits per heavy atom. The number of amides is 2. The van der Waals surface area contributed by atoms with E-state index in [1.165, 1.54) is 6.21 Å². The topological polar surface area (TPSA) is 102 Å². The molecule has 1 aromatic carbocycles. The van der Waals surface area contributed by atoms with E-state index in [4.69, 9.17) is 13.9 Å². The summed E-state index contributed by atoms with van der Waals surface area (Å²) < 4.78 is 15.6. The molecule has 2 amide bonds. The molecule has 1 heterocycles. The third-order valence-electron chi connectivity index (χ3n) is 3.47. The molecule has 0 spiro atoms. The van der Waals surface area contributed by atoms with Gasteiger partial charge in [-0.3, -0.25) is 9.59 Å². The zero-order chi connectivity index (χ0) is 18.9. The van der Waals surface area contributed by atoms with Crippen LogP contribution in [0.15, 0.2) is 39.9 Å². The molecule has 26 heavy (non-hydrogen) atoms. The van der Waals surface area contributed by atoms with Crippen molar-refractivity contribution in [2.24, 2.45) is 5.10 Å². The lowest BCUT2D eigenvalue weighted by Crippen LogP contribution is -2.38. The predicted octanol–water partition coefficient (Wildman–Crippen LogP) is 1.41. The molecule has 0 aliphatic heterocycles. The maximum Gasteiger partial charge on any atom is 0.329 e. The molecule has 0 saturated carbocycles. The van der Waals surface area contributed by atoms with E-state index in [-0.39, 0.29) is 0 Å². The van der Waals surface area contributed by atoms with Gasteiger partial charge in [-0.25, -0.2) is 5.43 Å². The van der Waals surface area contributed by atoms with Crippen LogP contribution in [0.25, 0.3) is 0 Å². The fourth-order valence-corrected chi connectivity index (χ4v) is 2.16. The maximum absolute atomic E-state index is 11.7. The molecule has 0 aliphatic rings. The Morgan fingerprint density at radius 2 is 1.88 bits per heavy atom. The van der Waals surface area contributed by atoms with Crippen molar-refractivity contribution < 1.29 is 23.5 Å². The number of carbonyl (C=O) groups excluding carboxylic acids is 2. The van der Waals surface area contributed by atoms with Crippen molar-refractivity contribution in [2.75, 3.05) is 20.8 Å². The fraction of sp³-hybridized carbons (Fsp3) is 0.278.